The second kappa shape index (κ2) is 10.9. The molecule has 0 saturated carbocycles. The Balaban J connectivity index is 1.11. The molecule has 0 N–H and O–H groups in total. The van der Waals surface area contributed by atoms with Crippen molar-refractivity contribution in [2.75, 3.05) is 0 Å². The third-order valence-electron chi connectivity index (χ3n) is 9.78. The molecule has 3 nitrogen and oxygen atoms in total. The fraction of sp³-hybridized carbons (Fsp3) is 0.0455. The van der Waals surface area contributed by atoms with E-state index in [9.17, 15) is 0 Å². The lowest BCUT2D eigenvalue weighted by Gasteiger charge is -2.11. The van der Waals surface area contributed by atoms with Gasteiger partial charge in [0.25, 0.3) is 0 Å². The van der Waals surface area contributed by atoms with Crippen LogP contribution >= 0.6 is 11.3 Å². The Kier molecular flexibility index (Phi) is 6.18. The van der Waals surface area contributed by atoms with Crippen LogP contribution in [0.4, 0.5) is 0 Å². The molecule has 0 radical (unpaired) electrons. The van der Waals surface area contributed by atoms with Gasteiger partial charge in [0.05, 0.1) is 16.7 Å². The first-order chi connectivity index (χ1) is 23.8. The smallest absolute Gasteiger partial charge is 0.235 e. The molecule has 0 atom stereocenters. The lowest BCUT2D eigenvalue weighted by Crippen LogP contribution is -2.02. The minimum atomic E-state index is 0.677. The summed E-state index contributed by atoms with van der Waals surface area (Å²) in [6.07, 6.45) is 10.7. The van der Waals surface area contributed by atoms with Crippen molar-refractivity contribution in [1.29, 1.82) is 0 Å². The van der Waals surface area contributed by atoms with Gasteiger partial charge < -0.3 is 0 Å². The normalized spacial score (nSPS) is 13.3. The van der Waals surface area contributed by atoms with E-state index in [1.807, 2.05) is 23.6 Å². The third kappa shape index (κ3) is 4.27. The SMILES string of the molecule is C1=CCCC(c2ccc3c4c5ccccc5ccc4n(-c4nccc(-c5ccc(-c6cccc7c6sc6ccccc67)cc5)n4)c3c2)=C1. The highest BCUT2D eigenvalue weighted by atomic mass is 32.1. The molecule has 0 amide bonds. The molecule has 0 fully saturated rings. The molecule has 3 aromatic heterocycles. The van der Waals surface area contributed by atoms with E-state index in [0.29, 0.717) is 5.95 Å². The maximum absolute atomic E-state index is 5.22. The molecule has 3 heterocycles. The number of fused-ring (bicyclic) bond motifs is 8. The summed E-state index contributed by atoms with van der Waals surface area (Å²) in [6.45, 7) is 0. The van der Waals surface area contributed by atoms with Gasteiger partial charge in [-0.05, 0) is 70.1 Å². The van der Waals surface area contributed by atoms with Crippen LogP contribution in [0.5, 0.6) is 0 Å². The van der Waals surface area contributed by atoms with Crippen molar-refractivity contribution in [3.8, 4) is 28.3 Å². The van der Waals surface area contributed by atoms with Crippen LogP contribution in [-0.2, 0) is 0 Å². The fourth-order valence-corrected chi connectivity index (χ4v) is 8.70. The van der Waals surface area contributed by atoms with E-state index in [1.54, 1.807) is 0 Å². The average molecular weight is 632 g/mol. The van der Waals surface area contributed by atoms with E-state index in [1.165, 1.54) is 64.0 Å². The first-order valence-electron chi connectivity index (χ1n) is 16.5. The van der Waals surface area contributed by atoms with Crippen molar-refractivity contribution in [3.63, 3.8) is 0 Å². The van der Waals surface area contributed by atoms with Crippen molar-refractivity contribution in [1.82, 2.24) is 14.5 Å². The number of benzene rings is 6. The Morgan fingerprint density at radius 3 is 2.33 bits per heavy atom. The fourth-order valence-electron chi connectivity index (χ4n) is 7.46. The van der Waals surface area contributed by atoms with Crippen LogP contribution in [0.1, 0.15) is 18.4 Å². The zero-order valence-corrected chi connectivity index (χ0v) is 26.9. The summed E-state index contributed by atoms with van der Waals surface area (Å²) in [4.78, 5) is 10.1. The number of allylic oxidation sites excluding steroid dienone is 4. The lowest BCUT2D eigenvalue weighted by molar-refractivity contribution is 0.991. The molecule has 4 heteroatoms. The van der Waals surface area contributed by atoms with Gasteiger partial charge in [-0.1, -0.05) is 121 Å². The molecule has 0 saturated heterocycles. The first-order valence-corrected chi connectivity index (χ1v) is 17.3. The number of thiophene rings is 1. The zero-order chi connectivity index (χ0) is 31.6. The zero-order valence-electron chi connectivity index (χ0n) is 26.1. The van der Waals surface area contributed by atoms with E-state index < -0.39 is 0 Å². The highest BCUT2D eigenvalue weighted by molar-refractivity contribution is 7.26. The molecule has 226 valence electrons. The van der Waals surface area contributed by atoms with E-state index in [2.05, 4.69) is 144 Å². The van der Waals surface area contributed by atoms with Crippen LogP contribution in [0.25, 0.3) is 86.7 Å². The van der Waals surface area contributed by atoms with Crippen molar-refractivity contribution in [3.05, 3.63) is 157 Å². The van der Waals surface area contributed by atoms with Gasteiger partial charge >= 0.3 is 0 Å². The molecule has 10 rings (SSSR count). The van der Waals surface area contributed by atoms with Gasteiger partial charge in [-0.25, -0.2) is 9.97 Å². The molecule has 1 aliphatic rings. The molecule has 0 bridgehead atoms. The van der Waals surface area contributed by atoms with Crippen molar-refractivity contribution in [2.24, 2.45) is 0 Å². The largest absolute Gasteiger partial charge is 0.278 e. The Morgan fingerprint density at radius 1 is 0.625 bits per heavy atom. The van der Waals surface area contributed by atoms with Gasteiger partial charge in [0.1, 0.15) is 0 Å². The second-order valence-corrected chi connectivity index (χ2v) is 13.6. The quantitative estimate of drug-likeness (QED) is 0.193. The monoisotopic (exact) mass is 631 g/mol. The lowest BCUT2D eigenvalue weighted by atomic mass is 9.96. The number of aromatic nitrogens is 3. The van der Waals surface area contributed by atoms with E-state index in [-0.39, 0.29) is 0 Å². The predicted molar refractivity (Wildman–Crippen MR) is 204 cm³/mol. The van der Waals surface area contributed by atoms with Crippen LogP contribution in [0, 0.1) is 0 Å². The molecular formula is C44H29N3S. The Labute approximate surface area is 281 Å². The average Bonchev–Trinajstić information content (AvgIpc) is 3.71. The Bertz CT molecular complexity index is 2780. The first kappa shape index (κ1) is 27.3. The molecule has 9 aromatic rings. The summed E-state index contributed by atoms with van der Waals surface area (Å²) in [5, 5.41) is 7.56. The molecule has 48 heavy (non-hydrogen) atoms. The molecule has 0 spiro atoms. The Morgan fingerprint density at radius 2 is 1.44 bits per heavy atom. The van der Waals surface area contributed by atoms with E-state index in [0.717, 1.165) is 35.1 Å². The van der Waals surface area contributed by atoms with Crippen LogP contribution in [-0.4, -0.2) is 14.5 Å². The standard InChI is InChI=1S/C44H29N3S/c1-2-9-28(10-3-1)32-21-23-37-40(27-32)47(39-24-22-29-11-4-5-12-33(29)42(37)39)44-45-26-25-38(46-44)31-19-17-30(18-20-31)34-14-8-15-36-35-13-6-7-16-41(35)48-43(34)36/h1-2,4-9,11-27H,3,10H2. The minimum Gasteiger partial charge on any atom is -0.278 e. The van der Waals surface area contributed by atoms with E-state index in [4.69, 9.17) is 9.97 Å². The summed E-state index contributed by atoms with van der Waals surface area (Å²) in [6, 6.07) is 46.1. The summed E-state index contributed by atoms with van der Waals surface area (Å²) in [7, 11) is 0. The highest BCUT2D eigenvalue weighted by Gasteiger charge is 2.18. The van der Waals surface area contributed by atoms with Crippen molar-refractivity contribution < 1.29 is 0 Å². The number of nitrogens with zero attached hydrogens (tertiary/aromatic N) is 3. The second-order valence-electron chi connectivity index (χ2n) is 12.5. The molecule has 0 unspecified atom stereocenters. The van der Waals surface area contributed by atoms with E-state index >= 15 is 0 Å². The number of hydrogen-bond acceptors (Lipinski definition) is 3. The van der Waals surface area contributed by atoms with Gasteiger partial charge in [0.2, 0.25) is 5.95 Å². The van der Waals surface area contributed by atoms with Crippen molar-refractivity contribution >= 4 is 69.7 Å². The summed E-state index contributed by atoms with van der Waals surface area (Å²) < 4.78 is 4.90. The molecule has 1 aliphatic carbocycles. The van der Waals surface area contributed by atoms with Crippen molar-refractivity contribution in [2.45, 2.75) is 12.8 Å². The topological polar surface area (TPSA) is 30.7 Å². The number of rotatable bonds is 4. The van der Waals surface area contributed by atoms with Gasteiger partial charge in [0.15, 0.2) is 0 Å². The predicted octanol–water partition coefficient (Wildman–Crippen LogP) is 12.2. The maximum Gasteiger partial charge on any atom is 0.235 e. The van der Waals surface area contributed by atoms with Gasteiger partial charge in [0, 0.05) is 42.7 Å². The summed E-state index contributed by atoms with van der Waals surface area (Å²) in [5.74, 6) is 0.677. The molecule has 6 aromatic carbocycles. The minimum absolute atomic E-state index is 0.677. The highest BCUT2D eigenvalue weighted by Crippen LogP contribution is 2.41. The molecular weight excluding hydrogens is 603 g/mol. The van der Waals surface area contributed by atoms with Crippen LogP contribution < -0.4 is 0 Å². The Hall–Kier alpha value is -5.84. The summed E-state index contributed by atoms with van der Waals surface area (Å²) >= 11 is 1.87. The van der Waals surface area contributed by atoms with Gasteiger partial charge in [-0.3, -0.25) is 4.57 Å². The van der Waals surface area contributed by atoms with Gasteiger partial charge in [-0.2, -0.15) is 0 Å². The molecule has 0 aliphatic heterocycles. The van der Waals surface area contributed by atoms with Crippen LogP contribution in [0.15, 0.2) is 152 Å². The van der Waals surface area contributed by atoms with Gasteiger partial charge in [-0.15, -0.1) is 11.3 Å². The summed E-state index contributed by atoms with van der Waals surface area (Å²) in [5.41, 5.74) is 9.29. The number of hydrogen-bond donors (Lipinski definition) is 0. The third-order valence-corrected chi connectivity index (χ3v) is 11.0. The maximum atomic E-state index is 5.22. The van der Waals surface area contributed by atoms with Crippen LogP contribution in [0.3, 0.4) is 0 Å². The van der Waals surface area contributed by atoms with Crippen LogP contribution in [0.2, 0.25) is 0 Å².